The van der Waals surface area contributed by atoms with Crippen molar-refractivity contribution in [2.24, 2.45) is 0 Å². The molecule has 0 bridgehead atoms. The quantitative estimate of drug-likeness (QED) is 0.349. The summed E-state index contributed by atoms with van der Waals surface area (Å²) in [7, 11) is 0. The Bertz CT molecular complexity index is 902. The van der Waals surface area contributed by atoms with Gasteiger partial charge in [0.2, 0.25) is 0 Å². The van der Waals surface area contributed by atoms with Crippen LogP contribution in [0.4, 0.5) is 0 Å². The minimum atomic E-state index is 0.787. The molecule has 3 heterocycles. The van der Waals surface area contributed by atoms with Crippen LogP contribution in [-0.2, 0) is 6.42 Å². The second kappa shape index (κ2) is 6.62. The summed E-state index contributed by atoms with van der Waals surface area (Å²) in [6, 6.07) is 17.0. The predicted octanol–water partition coefficient (Wildman–Crippen LogP) is 7.45. The SMILES string of the molecule is Clc1cccc(-c2sc(-c3cccs3)cc2Cc2ccsc2)c1. The first-order chi connectivity index (χ1) is 11.3. The molecular weight excluding hydrogens is 360 g/mol. The van der Waals surface area contributed by atoms with Gasteiger partial charge in [-0.1, -0.05) is 29.8 Å². The Hall–Kier alpha value is -1.39. The van der Waals surface area contributed by atoms with E-state index in [1.807, 2.05) is 23.5 Å². The van der Waals surface area contributed by atoms with E-state index < -0.39 is 0 Å². The maximum absolute atomic E-state index is 6.20. The molecule has 1 aromatic carbocycles. The van der Waals surface area contributed by atoms with Crippen LogP contribution in [0, 0.1) is 0 Å². The zero-order valence-electron chi connectivity index (χ0n) is 12.2. The highest BCUT2D eigenvalue weighted by molar-refractivity contribution is 7.23. The second-order valence-corrected chi connectivity index (χ2v) is 8.48. The molecule has 0 saturated heterocycles. The van der Waals surface area contributed by atoms with Crippen molar-refractivity contribution in [2.45, 2.75) is 6.42 Å². The molecule has 0 atom stereocenters. The minimum Gasteiger partial charge on any atom is -0.152 e. The highest BCUT2D eigenvalue weighted by Crippen LogP contribution is 2.41. The van der Waals surface area contributed by atoms with Crippen LogP contribution >= 0.6 is 45.6 Å². The zero-order chi connectivity index (χ0) is 15.6. The molecule has 114 valence electrons. The first-order valence-corrected chi connectivity index (χ1v) is 10.2. The summed E-state index contributed by atoms with van der Waals surface area (Å²) in [6.07, 6.45) is 0.965. The molecular formula is C19H13ClS3. The van der Waals surface area contributed by atoms with E-state index >= 15 is 0 Å². The van der Waals surface area contributed by atoms with E-state index in [4.69, 9.17) is 11.6 Å². The van der Waals surface area contributed by atoms with Crippen LogP contribution in [0.15, 0.2) is 64.7 Å². The first-order valence-electron chi connectivity index (χ1n) is 7.23. The van der Waals surface area contributed by atoms with Crippen LogP contribution in [0.25, 0.3) is 20.2 Å². The summed E-state index contributed by atoms with van der Waals surface area (Å²) < 4.78 is 0. The van der Waals surface area contributed by atoms with Crippen molar-refractivity contribution >= 4 is 45.6 Å². The van der Waals surface area contributed by atoms with Crippen molar-refractivity contribution < 1.29 is 0 Å². The van der Waals surface area contributed by atoms with Crippen molar-refractivity contribution in [2.75, 3.05) is 0 Å². The third-order valence-corrected chi connectivity index (χ3v) is 6.89. The molecule has 0 fully saturated rings. The largest absolute Gasteiger partial charge is 0.152 e. The number of benzene rings is 1. The van der Waals surface area contributed by atoms with Crippen LogP contribution in [0.1, 0.15) is 11.1 Å². The molecule has 23 heavy (non-hydrogen) atoms. The molecule has 3 aromatic heterocycles. The molecule has 0 amide bonds. The van der Waals surface area contributed by atoms with E-state index in [-0.39, 0.29) is 0 Å². The molecule has 0 spiro atoms. The summed E-state index contributed by atoms with van der Waals surface area (Å²) in [5, 5.41) is 7.28. The molecule has 0 aliphatic heterocycles. The van der Waals surface area contributed by atoms with Gasteiger partial charge < -0.3 is 0 Å². The monoisotopic (exact) mass is 372 g/mol. The lowest BCUT2D eigenvalue weighted by atomic mass is 10.0. The Morgan fingerprint density at radius 2 is 1.87 bits per heavy atom. The van der Waals surface area contributed by atoms with Crippen LogP contribution in [-0.4, -0.2) is 0 Å². The fourth-order valence-corrected chi connectivity index (χ4v) is 5.45. The average Bonchev–Trinajstić information content (AvgIpc) is 3.29. The summed E-state index contributed by atoms with van der Waals surface area (Å²) in [5.41, 5.74) is 3.95. The predicted molar refractivity (Wildman–Crippen MR) is 105 cm³/mol. The number of halogens is 1. The van der Waals surface area contributed by atoms with Crippen molar-refractivity contribution in [3.63, 3.8) is 0 Å². The summed E-state index contributed by atoms with van der Waals surface area (Å²) in [4.78, 5) is 3.98. The highest BCUT2D eigenvalue weighted by atomic mass is 35.5. The second-order valence-electron chi connectivity index (χ2n) is 5.26. The Morgan fingerprint density at radius 3 is 2.61 bits per heavy atom. The average molecular weight is 373 g/mol. The number of hydrogen-bond donors (Lipinski definition) is 0. The Balaban J connectivity index is 1.81. The molecule has 0 unspecified atom stereocenters. The van der Waals surface area contributed by atoms with Gasteiger partial charge in [-0.2, -0.15) is 11.3 Å². The van der Waals surface area contributed by atoms with Crippen molar-refractivity contribution in [1.82, 2.24) is 0 Å². The van der Waals surface area contributed by atoms with E-state index in [2.05, 4.69) is 52.5 Å². The van der Waals surface area contributed by atoms with Crippen molar-refractivity contribution in [3.05, 3.63) is 80.8 Å². The van der Waals surface area contributed by atoms with Crippen LogP contribution in [0.3, 0.4) is 0 Å². The molecule has 0 saturated carbocycles. The van der Waals surface area contributed by atoms with E-state index in [1.165, 1.54) is 31.3 Å². The van der Waals surface area contributed by atoms with E-state index in [0.717, 1.165) is 11.4 Å². The fourth-order valence-electron chi connectivity index (χ4n) is 2.59. The number of rotatable bonds is 4. The topological polar surface area (TPSA) is 0 Å². The maximum Gasteiger partial charge on any atom is 0.0452 e. The molecule has 4 aromatic rings. The summed E-state index contributed by atoms with van der Waals surface area (Å²) in [6.45, 7) is 0. The maximum atomic E-state index is 6.20. The molecule has 4 rings (SSSR count). The zero-order valence-corrected chi connectivity index (χ0v) is 15.4. The molecule has 0 radical (unpaired) electrons. The van der Waals surface area contributed by atoms with Crippen LogP contribution in [0.5, 0.6) is 0 Å². The van der Waals surface area contributed by atoms with Gasteiger partial charge in [0.15, 0.2) is 0 Å². The van der Waals surface area contributed by atoms with Crippen molar-refractivity contribution in [1.29, 1.82) is 0 Å². The summed E-state index contributed by atoms with van der Waals surface area (Å²) >= 11 is 11.6. The van der Waals surface area contributed by atoms with Gasteiger partial charge in [0.05, 0.1) is 0 Å². The van der Waals surface area contributed by atoms with Gasteiger partial charge in [-0.05, 0) is 69.6 Å². The molecule has 0 aliphatic carbocycles. The van der Waals surface area contributed by atoms with Gasteiger partial charge in [-0.25, -0.2) is 0 Å². The third kappa shape index (κ3) is 3.29. The molecule has 0 nitrogen and oxygen atoms in total. The van der Waals surface area contributed by atoms with Crippen LogP contribution in [0.2, 0.25) is 5.02 Å². The van der Waals surface area contributed by atoms with E-state index in [9.17, 15) is 0 Å². The smallest absolute Gasteiger partial charge is 0.0452 e. The van der Waals surface area contributed by atoms with Gasteiger partial charge in [0, 0.05) is 19.7 Å². The van der Waals surface area contributed by atoms with Gasteiger partial charge in [0.25, 0.3) is 0 Å². The van der Waals surface area contributed by atoms with Gasteiger partial charge >= 0.3 is 0 Å². The van der Waals surface area contributed by atoms with Crippen LogP contribution < -0.4 is 0 Å². The number of hydrogen-bond acceptors (Lipinski definition) is 3. The van der Waals surface area contributed by atoms with Gasteiger partial charge in [0.1, 0.15) is 0 Å². The lowest BCUT2D eigenvalue weighted by Crippen LogP contribution is -1.85. The fraction of sp³-hybridized carbons (Fsp3) is 0.0526. The first kappa shape index (κ1) is 15.2. The van der Waals surface area contributed by atoms with Gasteiger partial charge in [-0.3, -0.25) is 0 Å². The Labute approximate surface area is 152 Å². The summed E-state index contributed by atoms with van der Waals surface area (Å²) in [5.74, 6) is 0. The van der Waals surface area contributed by atoms with E-state index in [0.29, 0.717) is 0 Å². The van der Waals surface area contributed by atoms with Gasteiger partial charge in [-0.15, -0.1) is 22.7 Å². The Morgan fingerprint density at radius 1 is 0.913 bits per heavy atom. The lowest BCUT2D eigenvalue weighted by Gasteiger charge is -2.03. The standard InChI is InChI=1S/C19H13ClS3/c20-16-4-1-3-14(10-16)19-15(9-13-6-8-21-12-13)11-18(23-19)17-5-2-7-22-17/h1-8,10-12H,9H2. The molecule has 0 aliphatic rings. The number of thiophene rings is 3. The minimum absolute atomic E-state index is 0.787. The third-order valence-electron chi connectivity index (χ3n) is 3.63. The lowest BCUT2D eigenvalue weighted by molar-refractivity contribution is 1.23. The highest BCUT2D eigenvalue weighted by Gasteiger charge is 2.14. The normalized spacial score (nSPS) is 11.0. The molecule has 0 N–H and O–H groups in total. The van der Waals surface area contributed by atoms with Crippen molar-refractivity contribution in [3.8, 4) is 20.2 Å². The van der Waals surface area contributed by atoms with E-state index in [1.54, 1.807) is 22.7 Å². The molecule has 4 heteroatoms. The Kier molecular flexibility index (Phi) is 4.36.